The highest BCUT2D eigenvalue weighted by molar-refractivity contribution is 6.35. The van der Waals surface area contributed by atoms with Crippen molar-refractivity contribution in [1.29, 1.82) is 0 Å². The molecule has 23 heavy (non-hydrogen) atoms. The van der Waals surface area contributed by atoms with Crippen molar-refractivity contribution in [2.45, 2.75) is 31.6 Å². The number of nitrogens with zero attached hydrogens (tertiary/aromatic N) is 1. The zero-order chi connectivity index (χ0) is 16.4. The molecule has 0 aromatic heterocycles. The van der Waals surface area contributed by atoms with Crippen LogP contribution in [0.1, 0.15) is 37.2 Å². The highest BCUT2D eigenvalue weighted by atomic mass is 35.5. The Bertz CT molecular complexity index is 570. The van der Waals surface area contributed by atoms with Gasteiger partial charge in [-0.05, 0) is 68.8 Å². The lowest BCUT2D eigenvalue weighted by molar-refractivity contribution is -0.134. The largest absolute Gasteiger partial charge is 0.342 e. The van der Waals surface area contributed by atoms with Gasteiger partial charge in [0.2, 0.25) is 5.91 Å². The molecule has 2 atom stereocenters. The maximum atomic E-state index is 12.7. The second-order valence-electron chi connectivity index (χ2n) is 6.78. The Morgan fingerprint density at radius 1 is 1.30 bits per heavy atom. The van der Waals surface area contributed by atoms with Crippen LogP contribution in [0.5, 0.6) is 0 Å². The van der Waals surface area contributed by atoms with Gasteiger partial charge in [-0.3, -0.25) is 4.79 Å². The minimum absolute atomic E-state index is 0.113. The van der Waals surface area contributed by atoms with E-state index in [1.807, 2.05) is 19.2 Å². The van der Waals surface area contributed by atoms with Crippen LogP contribution < -0.4 is 5.32 Å². The van der Waals surface area contributed by atoms with Crippen molar-refractivity contribution in [2.24, 2.45) is 11.8 Å². The molecule has 1 aliphatic heterocycles. The van der Waals surface area contributed by atoms with Crippen LogP contribution in [0.4, 0.5) is 0 Å². The Morgan fingerprint density at radius 3 is 2.70 bits per heavy atom. The summed E-state index contributed by atoms with van der Waals surface area (Å²) in [5, 5.41) is 4.54. The number of hydrogen-bond acceptors (Lipinski definition) is 2. The van der Waals surface area contributed by atoms with Gasteiger partial charge in [-0.2, -0.15) is 0 Å². The van der Waals surface area contributed by atoms with E-state index in [-0.39, 0.29) is 11.8 Å². The first-order valence-electron chi connectivity index (χ1n) is 8.48. The van der Waals surface area contributed by atoms with Crippen LogP contribution in [0.3, 0.4) is 0 Å². The Hall–Kier alpha value is -0.770. The minimum Gasteiger partial charge on any atom is -0.342 e. The number of piperidine rings is 1. The molecular formula is C18H24Cl2N2O. The van der Waals surface area contributed by atoms with Gasteiger partial charge in [0.15, 0.2) is 0 Å². The van der Waals surface area contributed by atoms with Gasteiger partial charge < -0.3 is 10.2 Å². The van der Waals surface area contributed by atoms with Crippen molar-refractivity contribution in [1.82, 2.24) is 10.2 Å². The van der Waals surface area contributed by atoms with Gasteiger partial charge in [0.05, 0.1) is 0 Å². The van der Waals surface area contributed by atoms with Crippen molar-refractivity contribution in [3.63, 3.8) is 0 Å². The molecule has 1 heterocycles. The van der Waals surface area contributed by atoms with Gasteiger partial charge in [0.25, 0.3) is 0 Å². The summed E-state index contributed by atoms with van der Waals surface area (Å²) in [5.74, 6) is 1.46. The summed E-state index contributed by atoms with van der Waals surface area (Å²) in [6, 6.07) is 5.59. The summed E-state index contributed by atoms with van der Waals surface area (Å²) in [4.78, 5) is 14.7. The van der Waals surface area contributed by atoms with Gasteiger partial charge >= 0.3 is 0 Å². The van der Waals surface area contributed by atoms with Crippen molar-refractivity contribution in [3.05, 3.63) is 33.8 Å². The summed E-state index contributed by atoms with van der Waals surface area (Å²) in [6.07, 6.45) is 4.39. The van der Waals surface area contributed by atoms with Crippen LogP contribution >= 0.6 is 23.2 Å². The Balaban J connectivity index is 1.53. The average Bonchev–Trinajstić information content (AvgIpc) is 3.33. The highest BCUT2D eigenvalue weighted by Crippen LogP contribution is 2.51. The van der Waals surface area contributed by atoms with E-state index in [9.17, 15) is 4.79 Å². The third-order valence-corrected chi connectivity index (χ3v) is 5.76. The third kappa shape index (κ3) is 4.01. The molecule has 5 heteroatoms. The summed E-state index contributed by atoms with van der Waals surface area (Å²) in [6.45, 7) is 2.88. The molecule has 1 aromatic carbocycles. The molecule has 2 fully saturated rings. The lowest BCUT2D eigenvalue weighted by Gasteiger charge is -2.32. The van der Waals surface area contributed by atoms with Crippen molar-refractivity contribution in [2.75, 3.05) is 26.7 Å². The van der Waals surface area contributed by atoms with E-state index in [2.05, 4.69) is 10.2 Å². The van der Waals surface area contributed by atoms with E-state index in [4.69, 9.17) is 23.2 Å². The number of likely N-dealkylation sites (tertiary alicyclic amines) is 1. The molecule has 0 radical (unpaired) electrons. The van der Waals surface area contributed by atoms with Gasteiger partial charge in [-0.15, -0.1) is 0 Å². The van der Waals surface area contributed by atoms with Crippen LogP contribution in [-0.2, 0) is 4.79 Å². The number of benzene rings is 1. The zero-order valence-corrected chi connectivity index (χ0v) is 15.0. The molecular weight excluding hydrogens is 331 g/mol. The lowest BCUT2D eigenvalue weighted by atomic mass is 9.93. The van der Waals surface area contributed by atoms with Crippen molar-refractivity contribution < 1.29 is 4.79 Å². The minimum atomic E-state index is 0.113. The highest BCUT2D eigenvalue weighted by Gasteiger charge is 2.46. The molecule has 2 unspecified atom stereocenters. The molecule has 3 nitrogen and oxygen atoms in total. The van der Waals surface area contributed by atoms with Gasteiger partial charge in [0, 0.05) is 29.1 Å². The third-order valence-electron chi connectivity index (χ3n) is 5.20. The van der Waals surface area contributed by atoms with Crippen LogP contribution in [0.15, 0.2) is 18.2 Å². The first-order valence-corrected chi connectivity index (χ1v) is 9.24. The van der Waals surface area contributed by atoms with E-state index in [1.54, 1.807) is 6.07 Å². The predicted molar refractivity (Wildman–Crippen MR) is 95.2 cm³/mol. The summed E-state index contributed by atoms with van der Waals surface area (Å²) >= 11 is 12.2. The van der Waals surface area contributed by atoms with Crippen molar-refractivity contribution >= 4 is 29.1 Å². The molecule has 126 valence electrons. The first-order chi connectivity index (χ1) is 11.1. The molecule has 3 rings (SSSR count). The first kappa shape index (κ1) is 17.1. The number of amides is 1. The number of carbonyl (C=O) groups is 1. The fraction of sp³-hybridized carbons (Fsp3) is 0.611. The summed E-state index contributed by atoms with van der Waals surface area (Å²) in [7, 11) is 1.99. The van der Waals surface area contributed by atoms with E-state index in [1.165, 1.54) is 6.42 Å². The molecule has 0 spiro atoms. The summed E-state index contributed by atoms with van der Waals surface area (Å²) < 4.78 is 0. The number of nitrogens with one attached hydrogen (secondary N) is 1. The maximum Gasteiger partial charge on any atom is 0.226 e. The molecule has 1 N–H and O–H groups in total. The number of rotatable bonds is 5. The Labute approximate surface area is 148 Å². The van der Waals surface area contributed by atoms with Crippen LogP contribution in [0, 0.1) is 11.8 Å². The quantitative estimate of drug-likeness (QED) is 0.868. The normalized spacial score (nSPS) is 24.7. The standard InChI is InChI=1S/C18H24Cl2N2O/c1-21-7-4-12-5-8-22(9-6-12)18(23)16-11-15(16)14-3-2-13(19)10-17(14)20/h2-3,10,12,15-16,21H,4-9,11H2,1H3. The van der Waals surface area contributed by atoms with E-state index in [0.29, 0.717) is 16.0 Å². The Morgan fingerprint density at radius 2 is 2.04 bits per heavy atom. The molecule has 1 saturated carbocycles. The van der Waals surface area contributed by atoms with Gasteiger partial charge in [0.1, 0.15) is 0 Å². The molecule has 1 aliphatic carbocycles. The SMILES string of the molecule is CNCCC1CCN(C(=O)C2CC2c2ccc(Cl)cc2Cl)CC1. The maximum absolute atomic E-state index is 12.7. The number of hydrogen-bond donors (Lipinski definition) is 1. The second kappa shape index (κ2) is 7.42. The summed E-state index contributed by atoms with van der Waals surface area (Å²) in [5.41, 5.74) is 1.07. The molecule has 1 saturated heterocycles. The molecule has 0 bridgehead atoms. The topological polar surface area (TPSA) is 32.3 Å². The fourth-order valence-electron chi connectivity index (χ4n) is 3.64. The smallest absolute Gasteiger partial charge is 0.226 e. The van der Waals surface area contributed by atoms with E-state index >= 15 is 0 Å². The van der Waals surface area contributed by atoms with Crippen LogP contribution in [0.2, 0.25) is 10.0 Å². The Kier molecular flexibility index (Phi) is 5.50. The molecule has 2 aliphatic rings. The zero-order valence-electron chi connectivity index (χ0n) is 13.5. The van der Waals surface area contributed by atoms with E-state index < -0.39 is 0 Å². The fourth-order valence-corrected chi connectivity index (χ4v) is 4.19. The van der Waals surface area contributed by atoms with Crippen LogP contribution in [-0.4, -0.2) is 37.5 Å². The van der Waals surface area contributed by atoms with Gasteiger partial charge in [-0.25, -0.2) is 0 Å². The average molecular weight is 355 g/mol. The number of halogens is 2. The monoisotopic (exact) mass is 354 g/mol. The lowest BCUT2D eigenvalue weighted by Crippen LogP contribution is -2.40. The number of carbonyl (C=O) groups excluding carboxylic acids is 1. The van der Waals surface area contributed by atoms with E-state index in [0.717, 1.165) is 50.4 Å². The molecule has 1 aromatic rings. The predicted octanol–water partition coefficient (Wildman–Crippen LogP) is 3.95. The van der Waals surface area contributed by atoms with Crippen LogP contribution in [0.25, 0.3) is 0 Å². The second-order valence-corrected chi connectivity index (χ2v) is 7.62. The molecule has 1 amide bonds. The van der Waals surface area contributed by atoms with Gasteiger partial charge in [-0.1, -0.05) is 29.3 Å². The van der Waals surface area contributed by atoms with Crippen molar-refractivity contribution in [3.8, 4) is 0 Å².